The highest BCUT2D eigenvalue weighted by atomic mass is 32.1. The van der Waals surface area contributed by atoms with Gasteiger partial charge in [-0.05, 0) is 30.2 Å². The molecule has 0 saturated heterocycles. The summed E-state index contributed by atoms with van der Waals surface area (Å²) in [4.78, 5) is 25.3. The Morgan fingerprint density at radius 2 is 2.03 bits per heavy atom. The van der Waals surface area contributed by atoms with E-state index in [4.69, 9.17) is 16.0 Å². The van der Waals surface area contributed by atoms with Crippen molar-refractivity contribution in [2.75, 3.05) is 13.7 Å². The summed E-state index contributed by atoms with van der Waals surface area (Å²) in [6.07, 6.45) is 2.78. The molecular formula is C24H22N4O3S. The number of benzene rings is 2. The molecule has 2 aromatic carbocycles. The first-order valence-electron chi connectivity index (χ1n) is 10.3. The van der Waals surface area contributed by atoms with Crippen LogP contribution in [0.25, 0.3) is 20.8 Å². The summed E-state index contributed by atoms with van der Waals surface area (Å²) in [5.74, 6) is 0.678. The lowest BCUT2D eigenvalue weighted by Crippen LogP contribution is -2.17. The summed E-state index contributed by atoms with van der Waals surface area (Å²) in [5, 5.41) is 3.73. The number of esters is 1. The van der Waals surface area contributed by atoms with Gasteiger partial charge in [0.1, 0.15) is 11.6 Å². The van der Waals surface area contributed by atoms with E-state index in [0.717, 1.165) is 46.4 Å². The second-order valence-electron chi connectivity index (χ2n) is 7.14. The Balaban J connectivity index is 1.68. The second kappa shape index (κ2) is 9.62. The first-order chi connectivity index (χ1) is 15.6. The number of hydrogen-bond acceptors (Lipinski definition) is 6. The van der Waals surface area contributed by atoms with Gasteiger partial charge in [0.25, 0.3) is 5.70 Å². The maximum absolute atomic E-state index is 12.6. The van der Waals surface area contributed by atoms with Crippen molar-refractivity contribution in [3.8, 4) is 5.75 Å². The zero-order chi connectivity index (χ0) is 22.5. The smallest absolute Gasteiger partial charge is 0.338 e. The molecule has 0 bridgehead atoms. The Kier molecular flexibility index (Phi) is 6.47. The number of nitrogens with one attached hydrogen (secondary N) is 1. The van der Waals surface area contributed by atoms with Crippen LogP contribution in [0.5, 0.6) is 5.75 Å². The quantitative estimate of drug-likeness (QED) is 0.230. The van der Waals surface area contributed by atoms with Gasteiger partial charge in [-0.15, -0.1) is 0 Å². The number of thiazole rings is 1. The van der Waals surface area contributed by atoms with E-state index in [1.807, 2.05) is 42.5 Å². The Hall–Kier alpha value is -3.70. The summed E-state index contributed by atoms with van der Waals surface area (Å²) >= 11 is 1.44. The lowest BCUT2D eigenvalue weighted by Gasteiger charge is -2.07. The molecule has 32 heavy (non-hydrogen) atoms. The highest BCUT2D eigenvalue weighted by molar-refractivity contribution is 7.22. The molecule has 1 aliphatic heterocycles. The molecule has 0 amide bonds. The summed E-state index contributed by atoms with van der Waals surface area (Å²) in [6, 6.07) is 13.2. The van der Waals surface area contributed by atoms with E-state index in [0.29, 0.717) is 23.3 Å². The summed E-state index contributed by atoms with van der Waals surface area (Å²) in [5.41, 5.74) is 2.71. The number of aliphatic imine (C=N–C) groups is 1. The van der Waals surface area contributed by atoms with Crippen molar-refractivity contribution in [2.24, 2.45) is 4.99 Å². The normalized spacial score (nSPS) is 15.2. The van der Waals surface area contributed by atoms with Crippen LogP contribution in [0.4, 0.5) is 5.13 Å². The number of carbonyl (C=O) groups excluding carboxylic acids is 1. The molecule has 0 spiro atoms. The van der Waals surface area contributed by atoms with E-state index in [2.05, 4.69) is 27.1 Å². The van der Waals surface area contributed by atoms with Gasteiger partial charge in [-0.25, -0.2) is 14.8 Å². The van der Waals surface area contributed by atoms with Gasteiger partial charge in [0.05, 0.1) is 36.2 Å². The fourth-order valence-electron chi connectivity index (χ4n) is 3.39. The summed E-state index contributed by atoms with van der Waals surface area (Å²) in [6.45, 7) is 9.96. The van der Waals surface area contributed by atoms with Crippen LogP contribution in [0.15, 0.2) is 53.2 Å². The van der Waals surface area contributed by atoms with Crippen LogP contribution in [-0.4, -0.2) is 30.5 Å². The lowest BCUT2D eigenvalue weighted by molar-refractivity contribution is -0.138. The molecule has 1 N–H and O–H groups in total. The predicted molar refractivity (Wildman–Crippen MR) is 126 cm³/mol. The zero-order valence-electron chi connectivity index (χ0n) is 17.8. The molecule has 1 aliphatic rings. The van der Waals surface area contributed by atoms with Gasteiger partial charge < -0.3 is 14.8 Å². The molecule has 2 heterocycles. The first-order valence-corrected chi connectivity index (χ1v) is 11.1. The van der Waals surface area contributed by atoms with Crippen LogP contribution in [0.2, 0.25) is 0 Å². The fourth-order valence-corrected chi connectivity index (χ4v) is 4.26. The van der Waals surface area contributed by atoms with Crippen molar-refractivity contribution >= 4 is 44.2 Å². The van der Waals surface area contributed by atoms with Crippen molar-refractivity contribution in [3.05, 3.63) is 70.7 Å². The third kappa shape index (κ3) is 4.34. The van der Waals surface area contributed by atoms with E-state index < -0.39 is 5.97 Å². The topological polar surface area (TPSA) is 77.2 Å². The number of carbonyl (C=O) groups is 1. The van der Waals surface area contributed by atoms with Crippen LogP contribution in [-0.2, 0) is 9.53 Å². The highest BCUT2D eigenvalue weighted by Crippen LogP contribution is 2.34. The summed E-state index contributed by atoms with van der Waals surface area (Å²) in [7, 11) is 1.63. The Morgan fingerprint density at radius 1 is 1.22 bits per heavy atom. The molecule has 0 fully saturated rings. The number of hydrogen-bond donors (Lipinski definition) is 1. The van der Waals surface area contributed by atoms with Crippen LogP contribution in [0.3, 0.4) is 0 Å². The number of ether oxygens (including phenoxy) is 2. The predicted octanol–water partition coefficient (Wildman–Crippen LogP) is 5.31. The molecule has 1 aromatic heterocycles. The minimum atomic E-state index is -0.623. The summed E-state index contributed by atoms with van der Waals surface area (Å²) < 4.78 is 11.6. The number of rotatable bonds is 7. The van der Waals surface area contributed by atoms with E-state index >= 15 is 0 Å². The molecular weight excluding hydrogens is 424 g/mol. The fraction of sp³-hybridized carbons (Fsp3) is 0.250. The van der Waals surface area contributed by atoms with Gasteiger partial charge in [0.15, 0.2) is 0 Å². The maximum Gasteiger partial charge on any atom is 0.338 e. The standard InChI is InChI=1S/C24H22N4O3S/c1-4-5-8-13-31-23(29)21(25-2)20-16-9-6-7-10-17(16)22(27-20)28-24-26-18-12-11-15(30-3)14-19(18)32-24/h6-7,9-12,14H,4-5,8,13H2,1,3H3,(H,26,27,28)/b21-20+. The molecule has 0 unspecified atom stereocenters. The second-order valence-corrected chi connectivity index (χ2v) is 8.15. The van der Waals surface area contributed by atoms with Crippen LogP contribution < -0.4 is 10.1 Å². The minimum Gasteiger partial charge on any atom is -0.497 e. The minimum absolute atomic E-state index is 0.0758. The lowest BCUT2D eigenvalue weighted by atomic mass is 10.1. The monoisotopic (exact) mass is 446 g/mol. The molecule has 7 nitrogen and oxygen atoms in total. The molecule has 0 radical (unpaired) electrons. The van der Waals surface area contributed by atoms with Gasteiger partial charge in [-0.1, -0.05) is 55.4 Å². The van der Waals surface area contributed by atoms with E-state index in [1.54, 1.807) is 7.11 Å². The SMILES string of the molecule is [C-]#[N+]/C(C(=O)OCCCCC)=C1/N/C(=N\c2nc3ccc(OC)cc3s2)c2ccccc21. The number of amidine groups is 1. The van der Waals surface area contributed by atoms with Crippen molar-refractivity contribution < 1.29 is 14.3 Å². The average molecular weight is 447 g/mol. The third-order valence-electron chi connectivity index (χ3n) is 5.01. The molecule has 0 aliphatic carbocycles. The van der Waals surface area contributed by atoms with Crippen molar-refractivity contribution in [1.29, 1.82) is 0 Å². The largest absolute Gasteiger partial charge is 0.497 e. The molecule has 0 saturated carbocycles. The maximum atomic E-state index is 12.6. The molecule has 0 atom stereocenters. The van der Waals surface area contributed by atoms with Crippen molar-refractivity contribution in [1.82, 2.24) is 10.3 Å². The average Bonchev–Trinajstić information content (AvgIpc) is 3.38. The Labute approximate surface area is 190 Å². The van der Waals surface area contributed by atoms with Crippen molar-refractivity contribution in [3.63, 3.8) is 0 Å². The van der Waals surface area contributed by atoms with Gasteiger partial charge in [-0.3, -0.25) is 4.79 Å². The number of methoxy groups -OCH3 is 1. The van der Waals surface area contributed by atoms with E-state index in [1.165, 1.54) is 11.3 Å². The van der Waals surface area contributed by atoms with Gasteiger partial charge in [0, 0.05) is 5.56 Å². The number of unbranched alkanes of at least 4 members (excludes halogenated alkanes) is 2. The van der Waals surface area contributed by atoms with Crippen LogP contribution in [0, 0.1) is 6.57 Å². The highest BCUT2D eigenvalue weighted by Gasteiger charge is 2.28. The van der Waals surface area contributed by atoms with Crippen LogP contribution in [0.1, 0.15) is 37.3 Å². The van der Waals surface area contributed by atoms with Gasteiger partial charge in [-0.2, -0.15) is 0 Å². The molecule has 3 aromatic rings. The van der Waals surface area contributed by atoms with Crippen molar-refractivity contribution in [2.45, 2.75) is 26.2 Å². The van der Waals surface area contributed by atoms with Gasteiger partial charge in [0.2, 0.25) is 5.13 Å². The van der Waals surface area contributed by atoms with Gasteiger partial charge >= 0.3 is 5.97 Å². The molecule has 8 heteroatoms. The zero-order valence-corrected chi connectivity index (χ0v) is 18.7. The molecule has 162 valence electrons. The van der Waals surface area contributed by atoms with E-state index in [-0.39, 0.29) is 5.70 Å². The molecule has 4 rings (SSSR count). The Morgan fingerprint density at radius 3 is 2.78 bits per heavy atom. The number of nitrogens with zero attached hydrogens (tertiary/aromatic N) is 3. The van der Waals surface area contributed by atoms with E-state index in [9.17, 15) is 4.79 Å². The third-order valence-corrected chi connectivity index (χ3v) is 5.92. The van der Waals surface area contributed by atoms with Crippen LogP contribution >= 0.6 is 11.3 Å². The Bertz CT molecular complexity index is 1270. The number of aromatic nitrogens is 1. The number of fused-ring (bicyclic) bond motifs is 2. The first kappa shape index (κ1) is 21.5.